The SMILES string of the molecule is COC(=O)[C@]12C[C@@]1(O[Si](C)(C)C(C)(C)C)c1cc(OC)ccc1N[C@H]2c1ccc(Br)cc1. The molecular weight excluding hydrogens is 486 g/mol. The third-order valence-electron chi connectivity index (χ3n) is 7.57. The van der Waals surface area contributed by atoms with Gasteiger partial charge in [-0.1, -0.05) is 48.8 Å². The maximum absolute atomic E-state index is 13.5. The van der Waals surface area contributed by atoms with Crippen LogP contribution in [0.2, 0.25) is 18.1 Å². The molecule has 5 nitrogen and oxygen atoms in total. The fraction of sp³-hybridized carbons (Fsp3) is 0.480. The predicted molar refractivity (Wildman–Crippen MR) is 133 cm³/mol. The summed E-state index contributed by atoms with van der Waals surface area (Å²) in [6, 6.07) is 13.8. The van der Waals surface area contributed by atoms with E-state index in [0.29, 0.717) is 6.42 Å². The average molecular weight is 519 g/mol. The number of hydrogen-bond donors (Lipinski definition) is 1. The zero-order valence-corrected chi connectivity index (χ0v) is 22.4. The third kappa shape index (κ3) is 3.32. The third-order valence-corrected chi connectivity index (χ3v) is 12.6. The normalized spacial score (nSPS) is 26.4. The molecular formula is C25H32BrNO4Si. The van der Waals surface area contributed by atoms with Crippen LogP contribution in [0.1, 0.15) is 44.4 Å². The second kappa shape index (κ2) is 7.60. The van der Waals surface area contributed by atoms with Crippen molar-refractivity contribution in [2.24, 2.45) is 5.41 Å². The Morgan fingerprint density at radius 2 is 1.78 bits per heavy atom. The Balaban J connectivity index is 1.95. The molecule has 1 N–H and O–H groups in total. The second-order valence-electron chi connectivity index (χ2n) is 10.4. The molecule has 0 aromatic heterocycles. The van der Waals surface area contributed by atoms with Crippen molar-refractivity contribution in [1.29, 1.82) is 0 Å². The quantitative estimate of drug-likeness (QED) is 0.367. The average Bonchev–Trinajstić information content (AvgIpc) is 3.42. The predicted octanol–water partition coefficient (Wildman–Crippen LogP) is 6.40. The standard InChI is InChI=1S/C25H32BrNO4Si/c1-23(2,3)32(6,7)31-25-15-24(25,22(28)30-5)21(16-8-10-17(26)11-9-16)27-20-13-12-18(29-4)14-19(20)25/h8-14,21,27H,15H2,1-7H3/t21-,24+,25+/m0/s1. The van der Waals surface area contributed by atoms with E-state index >= 15 is 0 Å². The Labute approximate surface area is 200 Å². The van der Waals surface area contributed by atoms with Gasteiger partial charge in [0.15, 0.2) is 8.32 Å². The first kappa shape index (κ1) is 23.3. The summed E-state index contributed by atoms with van der Waals surface area (Å²) in [6.07, 6.45) is 0.563. The van der Waals surface area contributed by atoms with Gasteiger partial charge in [0.2, 0.25) is 0 Å². The first-order valence-electron chi connectivity index (χ1n) is 10.9. The Morgan fingerprint density at radius 1 is 1.12 bits per heavy atom. The molecule has 0 bridgehead atoms. The molecule has 7 heteroatoms. The molecule has 1 saturated carbocycles. The summed E-state index contributed by atoms with van der Waals surface area (Å²) in [4.78, 5) is 13.5. The fourth-order valence-electron chi connectivity index (χ4n) is 4.74. The summed E-state index contributed by atoms with van der Waals surface area (Å²) in [5, 5.41) is 3.63. The van der Waals surface area contributed by atoms with Gasteiger partial charge in [-0.05, 0) is 54.0 Å². The van der Waals surface area contributed by atoms with Gasteiger partial charge in [-0.15, -0.1) is 0 Å². The van der Waals surface area contributed by atoms with Crippen molar-refractivity contribution >= 4 is 35.9 Å². The van der Waals surface area contributed by atoms with Gasteiger partial charge in [-0.2, -0.15) is 0 Å². The largest absolute Gasteiger partial charge is 0.497 e. The van der Waals surface area contributed by atoms with E-state index in [1.165, 1.54) is 7.11 Å². The first-order chi connectivity index (χ1) is 14.9. The number of methoxy groups -OCH3 is 2. The molecule has 1 fully saturated rings. The Hall–Kier alpha value is -1.83. The van der Waals surface area contributed by atoms with E-state index in [0.717, 1.165) is 27.0 Å². The maximum atomic E-state index is 13.5. The lowest BCUT2D eigenvalue weighted by Crippen LogP contribution is -2.50. The van der Waals surface area contributed by atoms with E-state index in [1.54, 1.807) is 7.11 Å². The topological polar surface area (TPSA) is 56.8 Å². The number of hydrogen-bond acceptors (Lipinski definition) is 5. The van der Waals surface area contributed by atoms with E-state index in [-0.39, 0.29) is 17.0 Å². The molecule has 1 heterocycles. The molecule has 4 rings (SSSR count). The minimum atomic E-state index is -2.25. The van der Waals surface area contributed by atoms with Crippen LogP contribution in [0.3, 0.4) is 0 Å². The molecule has 1 aliphatic heterocycles. The molecule has 32 heavy (non-hydrogen) atoms. The van der Waals surface area contributed by atoms with Crippen LogP contribution < -0.4 is 10.1 Å². The van der Waals surface area contributed by atoms with Crippen molar-refractivity contribution in [1.82, 2.24) is 0 Å². The molecule has 0 radical (unpaired) electrons. The van der Waals surface area contributed by atoms with Crippen LogP contribution in [0.15, 0.2) is 46.9 Å². The number of esters is 1. The summed E-state index contributed by atoms with van der Waals surface area (Å²) in [7, 11) is 0.874. The zero-order valence-electron chi connectivity index (χ0n) is 19.8. The molecule has 0 spiro atoms. The highest BCUT2D eigenvalue weighted by atomic mass is 79.9. The van der Waals surface area contributed by atoms with E-state index in [4.69, 9.17) is 13.9 Å². The van der Waals surface area contributed by atoms with Crippen molar-refractivity contribution in [2.75, 3.05) is 19.5 Å². The lowest BCUT2D eigenvalue weighted by molar-refractivity contribution is -0.151. The monoisotopic (exact) mass is 517 g/mol. The van der Waals surface area contributed by atoms with Gasteiger partial charge in [-0.25, -0.2) is 0 Å². The van der Waals surface area contributed by atoms with Crippen molar-refractivity contribution in [3.05, 3.63) is 58.1 Å². The van der Waals surface area contributed by atoms with Crippen LogP contribution in [-0.2, 0) is 19.6 Å². The number of fused-ring (bicyclic) bond motifs is 3. The Bertz CT molecular complexity index is 1050. The Morgan fingerprint density at radius 3 is 2.34 bits per heavy atom. The summed E-state index contributed by atoms with van der Waals surface area (Å²) in [6.45, 7) is 11.1. The number of anilines is 1. The minimum Gasteiger partial charge on any atom is -0.497 e. The first-order valence-corrected chi connectivity index (χ1v) is 14.6. The number of carbonyl (C=O) groups is 1. The van der Waals surface area contributed by atoms with E-state index in [9.17, 15) is 4.79 Å². The molecule has 0 unspecified atom stereocenters. The van der Waals surface area contributed by atoms with E-state index in [2.05, 4.69) is 67.2 Å². The van der Waals surface area contributed by atoms with Crippen LogP contribution in [-0.4, -0.2) is 28.5 Å². The van der Waals surface area contributed by atoms with Crippen LogP contribution in [0.25, 0.3) is 0 Å². The zero-order chi connectivity index (χ0) is 23.5. The van der Waals surface area contributed by atoms with Gasteiger partial charge in [0, 0.05) is 22.1 Å². The number of nitrogens with one attached hydrogen (secondary N) is 1. The van der Waals surface area contributed by atoms with Crippen molar-refractivity contribution < 1.29 is 18.7 Å². The minimum absolute atomic E-state index is 0.0107. The number of carbonyl (C=O) groups excluding carboxylic acids is 1. The smallest absolute Gasteiger partial charge is 0.317 e. The fourth-order valence-corrected chi connectivity index (χ4v) is 6.55. The lowest BCUT2D eigenvalue weighted by Gasteiger charge is -2.45. The summed E-state index contributed by atoms with van der Waals surface area (Å²) in [5.74, 6) is 0.501. The van der Waals surface area contributed by atoms with Gasteiger partial charge in [-0.3, -0.25) is 4.79 Å². The van der Waals surface area contributed by atoms with Gasteiger partial charge in [0.25, 0.3) is 0 Å². The highest BCUT2D eigenvalue weighted by Crippen LogP contribution is 2.76. The molecule has 2 aliphatic rings. The van der Waals surface area contributed by atoms with Gasteiger partial charge >= 0.3 is 5.97 Å². The number of benzene rings is 2. The highest BCUT2D eigenvalue weighted by molar-refractivity contribution is 9.10. The van der Waals surface area contributed by atoms with E-state index < -0.39 is 19.3 Å². The van der Waals surface area contributed by atoms with Gasteiger partial charge in [0.05, 0.1) is 20.3 Å². The van der Waals surface area contributed by atoms with Crippen molar-refractivity contribution in [3.8, 4) is 5.75 Å². The highest BCUT2D eigenvalue weighted by Gasteiger charge is 2.81. The Kier molecular flexibility index (Phi) is 5.54. The molecule has 3 atom stereocenters. The molecule has 172 valence electrons. The van der Waals surface area contributed by atoms with Gasteiger partial charge < -0.3 is 19.2 Å². The van der Waals surface area contributed by atoms with Crippen molar-refractivity contribution in [2.45, 2.75) is 57.0 Å². The van der Waals surface area contributed by atoms with Gasteiger partial charge in [0.1, 0.15) is 16.8 Å². The maximum Gasteiger partial charge on any atom is 0.317 e. The van der Waals surface area contributed by atoms with Crippen LogP contribution >= 0.6 is 15.9 Å². The number of halogens is 1. The molecule has 0 amide bonds. The second-order valence-corrected chi connectivity index (χ2v) is 16.0. The molecule has 1 aliphatic carbocycles. The summed E-state index contributed by atoms with van der Waals surface area (Å²) < 4.78 is 19.1. The molecule has 0 saturated heterocycles. The van der Waals surface area contributed by atoms with Crippen LogP contribution in [0.4, 0.5) is 5.69 Å². The van der Waals surface area contributed by atoms with E-state index in [1.807, 2.05) is 30.3 Å². The number of ether oxygens (including phenoxy) is 2. The number of rotatable bonds is 5. The molecule has 2 aromatic carbocycles. The molecule has 2 aromatic rings. The van der Waals surface area contributed by atoms with Crippen LogP contribution in [0.5, 0.6) is 5.75 Å². The lowest BCUT2D eigenvalue weighted by atomic mass is 9.80. The summed E-state index contributed by atoms with van der Waals surface area (Å²) in [5.41, 5.74) is 1.34. The summed E-state index contributed by atoms with van der Waals surface area (Å²) >= 11 is 3.52. The van der Waals surface area contributed by atoms with Crippen LogP contribution in [0, 0.1) is 5.41 Å². The van der Waals surface area contributed by atoms with Crippen molar-refractivity contribution in [3.63, 3.8) is 0 Å².